The number of ether oxygens (including phenoxy) is 1. The molecule has 2 fully saturated rings. The van der Waals surface area contributed by atoms with Gasteiger partial charge in [-0.25, -0.2) is 0 Å². The van der Waals surface area contributed by atoms with Crippen molar-refractivity contribution in [2.45, 2.75) is 12.8 Å². The Morgan fingerprint density at radius 3 is 2.18 bits per heavy atom. The minimum absolute atomic E-state index is 0.0706. The number of nitrogens with zero attached hydrogens (tertiary/aromatic N) is 5. The second-order valence-corrected chi connectivity index (χ2v) is 7.01. The summed E-state index contributed by atoms with van der Waals surface area (Å²) in [6.07, 6.45) is 1.44. The predicted octanol–water partition coefficient (Wildman–Crippen LogP) is 1.15. The average molecular weight is 383 g/mol. The molecule has 2 saturated heterocycles. The smallest absolute Gasteiger partial charge is 0.233 e. The molecule has 3 heterocycles. The summed E-state index contributed by atoms with van der Waals surface area (Å²) in [6.45, 7) is 4.21. The largest absolute Gasteiger partial charge is 0.378 e. The number of primary amides is 1. The van der Waals surface area contributed by atoms with Crippen molar-refractivity contribution < 1.29 is 9.53 Å². The van der Waals surface area contributed by atoms with Crippen molar-refractivity contribution in [3.05, 3.63) is 30.3 Å². The van der Waals surface area contributed by atoms with Crippen molar-refractivity contribution in [2.24, 2.45) is 11.7 Å². The zero-order valence-corrected chi connectivity index (χ0v) is 15.8. The van der Waals surface area contributed by atoms with Gasteiger partial charge >= 0.3 is 0 Å². The van der Waals surface area contributed by atoms with Gasteiger partial charge in [-0.3, -0.25) is 4.79 Å². The highest BCUT2D eigenvalue weighted by molar-refractivity contribution is 5.77. The Bertz CT molecular complexity index is 803. The number of anilines is 4. The quantitative estimate of drug-likeness (QED) is 0.791. The third-order valence-corrected chi connectivity index (χ3v) is 5.12. The number of nitrogens with two attached hydrogens (primary N) is 1. The Hall–Kier alpha value is -2.94. The summed E-state index contributed by atoms with van der Waals surface area (Å²) in [7, 11) is 0. The first-order chi connectivity index (χ1) is 13.7. The second-order valence-electron chi connectivity index (χ2n) is 7.01. The summed E-state index contributed by atoms with van der Waals surface area (Å²) in [5.74, 6) is 1.48. The van der Waals surface area contributed by atoms with Crippen molar-refractivity contribution in [1.29, 1.82) is 0 Å². The summed E-state index contributed by atoms with van der Waals surface area (Å²) >= 11 is 0. The number of nitrogens with one attached hydrogen (secondary N) is 1. The van der Waals surface area contributed by atoms with Crippen LogP contribution in [-0.4, -0.2) is 60.3 Å². The number of carbonyl (C=O) groups excluding carboxylic acids is 1. The maximum atomic E-state index is 11.4. The number of benzene rings is 1. The van der Waals surface area contributed by atoms with E-state index < -0.39 is 0 Å². The van der Waals surface area contributed by atoms with E-state index in [0.29, 0.717) is 44.1 Å². The molecule has 9 nitrogen and oxygen atoms in total. The fourth-order valence-corrected chi connectivity index (χ4v) is 3.47. The van der Waals surface area contributed by atoms with Crippen LogP contribution in [-0.2, 0) is 9.53 Å². The van der Waals surface area contributed by atoms with Crippen LogP contribution in [0.1, 0.15) is 12.8 Å². The number of morpholine rings is 1. The summed E-state index contributed by atoms with van der Waals surface area (Å²) in [4.78, 5) is 29.6. The van der Waals surface area contributed by atoms with Crippen LogP contribution in [0.5, 0.6) is 0 Å². The van der Waals surface area contributed by atoms with Gasteiger partial charge in [0.2, 0.25) is 23.8 Å². The third kappa shape index (κ3) is 4.30. The molecule has 9 heteroatoms. The summed E-state index contributed by atoms with van der Waals surface area (Å²) < 4.78 is 5.45. The van der Waals surface area contributed by atoms with Crippen LogP contribution in [0.15, 0.2) is 30.3 Å². The van der Waals surface area contributed by atoms with E-state index in [4.69, 9.17) is 15.5 Å². The lowest BCUT2D eigenvalue weighted by molar-refractivity contribution is -0.122. The van der Waals surface area contributed by atoms with Crippen LogP contribution in [0.2, 0.25) is 0 Å². The number of aromatic nitrogens is 3. The van der Waals surface area contributed by atoms with E-state index >= 15 is 0 Å². The maximum Gasteiger partial charge on any atom is 0.233 e. The number of hydrogen-bond acceptors (Lipinski definition) is 8. The topological polar surface area (TPSA) is 110 Å². The summed E-state index contributed by atoms with van der Waals surface area (Å²) in [6, 6.07) is 9.82. The fraction of sp³-hybridized carbons (Fsp3) is 0.474. The number of piperidine rings is 1. The fourth-order valence-electron chi connectivity index (χ4n) is 3.47. The molecule has 28 heavy (non-hydrogen) atoms. The Balaban J connectivity index is 1.59. The lowest BCUT2D eigenvalue weighted by Gasteiger charge is -2.32. The molecular formula is C19H25N7O2. The van der Waals surface area contributed by atoms with Crippen LogP contribution >= 0.6 is 0 Å². The molecule has 0 saturated carbocycles. The van der Waals surface area contributed by atoms with Gasteiger partial charge in [0.1, 0.15) is 0 Å². The van der Waals surface area contributed by atoms with Gasteiger partial charge in [0, 0.05) is 37.8 Å². The van der Waals surface area contributed by atoms with E-state index in [1.165, 1.54) is 0 Å². The van der Waals surface area contributed by atoms with Gasteiger partial charge in [0.05, 0.1) is 13.2 Å². The molecule has 2 aliphatic rings. The van der Waals surface area contributed by atoms with Gasteiger partial charge in [0.25, 0.3) is 0 Å². The van der Waals surface area contributed by atoms with Crippen LogP contribution in [0.25, 0.3) is 0 Å². The van der Waals surface area contributed by atoms with Crippen molar-refractivity contribution >= 4 is 29.4 Å². The second kappa shape index (κ2) is 8.39. The molecule has 0 atom stereocenters. The average Bonchev–Trinajstić information content (AvgIpc) is 2.75. The monoisotopic (exact) mass is 383 g/mol. The standard InChI is InChI=1S/C19H25N7O2/c20-16(27)14-6-8-25(9-7-14)18-22-17(21-15-4-2-1-3-5-15)23-19(24-18)26-10-12-28-13-11-26/h1-5,14H,6-13H2,(H2,20,27)(H,21,22,23,24). The van der Waals surface area contributed by atoms with E-state index in [2.05, 4.69) is 25.1 Å². The number of rotatable bonds is 5. The van der Waals surface area contributed by atoms with E-state index in [-0.39, 0.29) is 11.8 Å². The molecule has 0 unspecified atom stereocenters. The Kier molecular flexibility index (Phi) is 5.52. The molecule has 0 bridgehead atoms. The molecule has 0 spiro atoms. The predicted molar refractivity (Wildman–Crippen MR) is 107 cm³/mol. The minimum Gasteiger partial charge on any atom is -0.378 e. The van der Waals surface area contributed by atoms with E-state index in [1.54, 1.807) is 0 Å². The first-order valence-electron chi connectivity index (χ1n) is 9.64. The van der Waals surface area contributed by atoms with Crippen LogP contribution < -0.4 is 20.9 Å². The van der Waals surface area contributed by atoms with Crippen molar-refractivity contribution in [2.75, 3.05) is 54.5 Å². The van der Waals surface area contributed by atoms with Crippen molar-refractivity contribution in [3.8, 4) is 0 Å². The highest BCUT2D eigenvalue weighted by Gasteiger charge is 2.26. The number of amides is 1. The normalized spacial score (nSPS) is 18.1. The molecule has 1 aromatic heterocycles. The molecule has 148 valence electrons. The number of hydrogen-bond donors (Lipinski definition) is 2. The number of para-hydroxylation sites is 1. The van der Waals surface area contributed by atoms with Gasteiger partial charge in [0.15, 0.2) is 0 Å². The lowest BCUT2D eigenvalue weighted by atomic mass is 9.96. The molecular weight excluding hydrogens is 358 g/mol. The molecule has 3 N–H and O–H groups in total. The van der Waals surface area contributed by atoms with Gasteiger partial charge in [-0.1, -0.05) is 18.2 Å². The van der Waals surface area contributed by atoms with Gasteiger partial charge in [-0.05, 0) is 25.0 Å². The maximum absolute atomic E-state index is 11.4. The third-order valence-electron chi connectivity index (χ3n) is 5.12. The molecule has 2 aromatic rings. The summed E-state index contributed by atoms with van der Waals surface area (Å²) in [5.41, 5.74) is 6.37. The van der Waals surface area contributed by atoms with E-state index in [0.717, 1.165) is 31.6 Å². The Morgan fingerprint density at radius 2 is 1.57 bits per heavy atom. The SMILES string of the molecule is NC(=O)C1CCN(c2nc(Nc3ccccc3)nc(N3CCOCC3)n2)CC1. The van der Waals surface area contributed by atoms with Crippen molar-refractivity contribution in [1.82, 2.24) is 15.0 Å². The molecule has 4 rings (SSSR count). The highest BCUT2D eigenvalue weighted by atomic mass is 16.5. The molecule has 1 amide bonds. The van der Waals surface area contributed by atoms with Gasteiger partial charge in [-0.2, -0.15) is 15.0 Å². The molecule has 2 aliphatic heterocycles. The van der Waals surface area contributed by atoms with Crippen molar-refractivity contribution in [3.63, 3.8) is 0 Å². The van der Waals surface area contributed by atoms with Gasteiger partial charge < -0.3 is 25.6 Å². The molecule has 0 radical (unpaired) electrons. The minimum atomic E-state index is -0.226. The van der Waals surface area contributed by atoms with E-state index in [1.807, 2.05) is 30.3 Å². The molecule has 0 aliphatic carbocycles. The van der Waals surface area contributed by atoms with Crippen LogP contribution in [0.4, 0.5) is 23.5 Å². The highest BCUT2D eigenvalue weighted by Crippen LogP contribution is 2.24. The lowest BCUT2D eigenvalue weighted by Crippen LogP contribution is -2.40. The summed E-state index contributed by atoms with van der Waals surface area (Å²) in [5, 5.41) is 3.27. The first kappa shape index (κ1) is 18.4. The zero-order valence-electron chi connectivity index (χ0n) is 15.8. The zero-order chi connectivity index (χ0) is 19.3. The van der Waals surface area contributed by atoms with Gasteiger partial charge in [-0.15, -0.1) is 0 Å². The number of carbonyl (C=O) groups is 1. The Morgan fingerprint density at radius 1 is 0.964 bits per heavy atom. The Labute approximate surface area is 163 Å². The van der Waals surface area contributed by atoms with Crippen LogP contribution in [0, 0.1) is 5.92 Å². The van der Waals surface area contributed by atoms with E-state index in [9.17, 15) is 4.79 Å². The first-order valence-corrected chi connectivity index (χ1v) is 9.64. The molecule has 1 aromatic carbocycles. The van der Waals surface area contributed by atoms with Crippen LogP contribution in [0.3, 0.4) is 0 Å².